The summed E-state index contributed by atoms with van der Waals surface area (Å²) in [5.41, 5.74) is 3.22. The average Bonchev–Trinajstić information content (AvgIpc) is 2.39. The van der Waals surface area contributed by atoms with E-state index >= 15 is 0 Å². The fourth-order valence-electron chi connectivity index (χ4n) is 1.65. The molecule has 0 aliphatic rings. The minimum Gasteiger partial charge on any atom is -0.388 e. The largest absolute Gasteiger partial charge is 0.388 e. The van der Waals surface area contributed by atoms with E-state index in [1.54, 1.807) is 18.5 Å². The van der Waals surface area contributed by atoms with Crippen LogP contribution in [0.2, 0.25) is 0 Å². The average molecular weight is 242 g/mol. The van der Waals surface area contributed by atoms with Crippen LogP contribution in [0.15, 0.2) is 36.9 Å². The molecule has 92 valence electrons. The number of carbonyl (C=O) groups excluding carboxylic acids is 1. The number of aromatic nitrogens is 2. The second kappa shape index (κ2) is 5.27. The van der Waals surface area contributed by atoms with Gasteiger partial charge in [-0.1, -0.05) is 0 Å². The lowest BCUT2D eigenvalue weighted by Gasteiger charge is -2.08. The van der Waals surface area contributed by atoms with Gasteiger partial charge in [-0.2, -0.15) is 0 Å². The topological polar surface area (TPSA) is 66.9 Å². The van der Waals surface area contributed by atoms with E-state index in [4.69, 9.17) is 0 Å². The molecule has 0 spiro atoms. The van der Waals surface area contributed by atoms with E-state index in [9.17, 15) is 4.79 Å². The lowest BCUT2D eigenvalue weighted by atomic mass is 10.1. The molecule has 1 heterocycles. The zero-order chi connectivity index (χ0) is 13.0. The molecule has 0 saturated heterocycles. The van der Waals surface area contributed by atoms with Crippen molar-refractivity contribution in [3.05, 3.63) is 48.0 Å². The maximum absolute atomic E-state index is 12.0. The van der Waals surface area contributed by atoms with Crippen molar-refractivity contribution < 1.29 is 4.79 Å². The summed E-state index contributed by atoms with van der Waals surface area (Å²) in [5, 5.41) is 5.80. The van der Waals surface area contributed by atoms with Gasteiger partial charge in [-0.15, -0.1) is 0 Å². The van der Waals surface area contributed by atoms with Crippen molar-refractivity contribution in [3.8, 4) is 0 Å². The number of nitrogens with zero attached hydrogens (tertiary/aromatic N) is 2. The molecule has 5 nitrogen and oxygen atoms in total. The van der Waals surface area contributed by atoms with Crippen LogP contribution >= 0.6 is 0 Å². The molecular weight excluding hydrogens is 228 g/mol. The molecule has 1 aromatic carbocycles. The van der Waals surface area contributed by atoms with E-state index in [-0.39, 0.29) is 5.91 Å². The molecule has 0 fully saturated rings. The fourth-order valence-corrected chi connectivity index (χ4v) is 1.65. The summed E-state index contributed by atoms with van der Waals surface area (Å²) in [4.78, 5) is 19.7. The van der Waals surface area contributed by atoms with Gasteiger partial charge in [0, 0.05) is 18.3 Å². The Bertz CT molecular complexity index is 554. The van der Waals surface area contributed by atoms with E-state index < -0.39 is 0 Å². The van der Waals surface area contributed by atoms with Gasteiger partial charge in [0.2, 0.25) is 0 Å². The van der Waals surface area contributed by atoms with Gasteiger partial charge in [-0.3, -0.25) is 4.79 Å². The second-order valence-electron chi connectivity index (χ2n) is 3.86. The number of carbonyl (C=O) groups is 1. The number of nitrogens with one attached hydrogen (secondary N) is 2. The molecule has 5 heteroatoms. The molecule has 0 bridgehead atoms. The molecule has 2 aromatic rings. The van der Waals surface area contributed by atoms with Crippen LogP contribution in [0.4, 0.5) is 11.4 Å². The first-order valence-corrected chi connectivity index (χ1v) is 5.55. The molecule has 0 unspecified atom stereocenters. The van der Waals surface area contributed by atoms with Crippen LogP contribution in [0.25, 0.3) is 0 Å². The van der Waals surface area contributed by atoms with Crippen LogP contribution in [0.1, 0.15) is 15.9 Å². The monoisotopic (exact) mass is 242 g/mol. The first kappa shape index (κ1) is 12.0. The lowest BCUT2D eigenvalue weighted by Crippen LogP contribution is -2.12. The van der Waals surface area contributed by atoms with E-state index in [1.807, 2.05) is 26.1 Å². The highest BCUT2D eigenvalue weighted by molar-refractivity contribution is 6.04. The summed E-state index contributed by atoms with van der Waals surface area (Å²) in [6.07, 6.45) is 4.53. The number of hydrogen-bond acceptors (Lipinski definition) is 4. The van der Waals surface area contributed by atoms with Gasteiger partial charge in [0.1, 0.15) is 6.33 Å². The highest BCUT2D eigenvalue weighted by atomic mass is 16.1. The van der Waals surface area contributed by atoms with Gasteiger partial charge >= 0.3 is 0 Å². The van der Waals surface area contributed by atoms with Crippen LogP contribution in [0.5, 0.6) is 0 Å². The predicted molar refractivity (Wildman–Crippen MR) is 70.7 cm³/mol. The SMILES string of the molecule is CNc1ccc(C(=O)Nc2cncnc2)cc1C. The summed E-state index contributed by atoms with van der Waals surface area (Å²) >= 11 is 0. The zero-order valence-electron chi connectivity index (χ0n) is 10.3. The van der Waals surface area contributed by atoms with Gasteiger partial charge < -0.3 is 10.6 Å². The van der Waals surface area contributed by atoms with Gasteiger partial charge in [-0.25, -0.2) is 9.97 Å². The molecule has 18 heavy (non-hydrogen) atoms. The molecule has 0 saturated carbocycles. The third kappa shape index (κ3) is 2.63. The number of hydrogen-bond donors (Lipinski definition) is 2. The van der Waals surface area contributed by atoms with Gasteiger partial charge in [0.25, 0.3) is 5.91 Å². The maximum Gasteiger partial charge on any atom is 0.255 e. The highest BCUT2D eigenvalue weighted by Gasteiger charge is 2.07. The molecular formula is C13H14N4O. The first-order valence-electron chi connectivity index (χ1n) is 5.55. The standard InChI is InChI=1S/C13H14N4O/c1-9-5-10(3-4-12(9)14-2)13(18)17-11-6-15-8-16-7-11/h3-8,14H,1-2H3,(H,17,18). The Morgan fingerprint density at radius 1 is 1.22 bits per heavy atom. The molecule has 0 aliphatic heterocycles. The molecule has 1 amide bonds. The van der Waals surface area contributed by atoms with Gasteiger partial charge in [0.15, 0.2) is 0 Å². The minimum absolute atomic E-state index is 0.171. The van der Waals surface area contributed by atoms with Gasteiger partial charge in [-0.05, 0) is 30.7 Å². The minimum atomic E-state index is -0.171. The number of rotatable bonds is 3. The summed E-state index contributed by atoms with van der Waals surface area (Å²) < 4.78 is 0. The van der Waals surface area contributed by atoms with Crippen LogP contribution in [0, 0.1) is 6.92 Å². The molecule has 2 N–H and O–H groups in total. The second-order valence-corrected chi connectivity index (χ2v) is 3.86. The summed E-state index contributed by atoms with van der Waals surface area (Å²) in [6, 6.07) is 5.49. The van der Waals surface area contributed by atoms with E-state index in [0.29, 0.717) is 11.3 Å². The van der Waals surface area contributed by atoms with Crippen LogP contribution in [-0.4, -0.2) is 22.9 Å². The normalized spacial score (nSPS) is 9.89. The van der Waals surface area contributed by atoms with E-state index in [2.05, 4.69) is 20.6 Å². The highest BCUT2D eigenvalue weighted by Crippen LogP contribution is 2.16. The summed E-state index contributed by atoms with van der Waals surface area (Å²) in [6.45, 7) is 1.95. The van der Waals surface area contributed by atoms with Crippen LogP contribution < -0.4 is 10.6 Å². The lowest BCUT2D eigenvalue weighted by molar-refractivity contribution is 0.102. The van der Waals surface area contributed by atoms with Crippen molar-refractivity contribution in [2.75, 3.05) is 17.7 Å². The maximum atomic E-state index is 12.0. The molecule has 1 aromatic heterocycles. The number of aryl methyl sites for hydroxylation is 1. The van der Waals surface area contributed by atoms with Crippen molar-refractivity contribution in [2.24, 2.45) is 0 Å². The van der Waals surface area contributed by atoms with Crippen molar-refractivity contribution >= 4 is 17.3 Å². The number of amides is 1. The number of benzene rings is 1. The quantitative estimate of drug-likeness (QED) is 0.864. The van der Waals surface area contributed by atoms with Crippen molar-refractivity contribution in [3.63, 3.8) is 0 Å². The molecule has 2 rings (SSSR count). The van der Waals surface area contributed by atoms with Crippen LogP contribution in [-0.2, 0) is 0 Å². The first-order chi connectivity index (χ1) is 8.70. The Morgan fingerprint density at radius 2 is 1.94 bits per heavy atom. The fraction of sp³-hybridized carbons (Fsp3) is 0.154. The zero-order valence-corrected chi connectivity index (χ0v) is 10.3. The third-order valence-corrected chi connectivity index (χ3v) is 2.58. The Hall–Kier alpha value is -2.43. The summed E-state index contributed by atoms with van der Waals surface area (Å²) in [5.74, 6) is -0.171. The van der Waals surface area contributed by atoms with Gasteiger partial charge in [0.05, 0.1) is 18.1 Å². The smallest absolute Gasteiger partial charge is 0.255 e. The van der Waals surface area contributed by atoms with Crippen LogP contribution in [0.3, 0.4) is 0 Å². The third-order valence-electron chi connectivity index (χ3n) is 2.58. The Balaban J connectivity index is 2.17. The Morgan fingerprint density at radius 3 is 2.56 bits per heavy atom. The Kier molecular flexibility index (Phi) is 3.52. The molecule has 0 radical (unpaired) electrons. The van der Waals surface area contributed by atoms with Crippen molar-refractivity contribution in [1.29, 1.82) is 0 Å². The number of anilines is 2. The van der Waals surface area contributed by atoms with Crippen molar-refractivity contribution in [1.82, 2.24) is 9.97 Å². The summed E-state index contributed by atoms with van der Waals surface area (Å²) in [7, 11) is 1.85. The molecule has 0 atom stereocenters. The van der Waals surface area contributed by atoms with E-state index in [1.165, 1.54) is 6.33 Å². The molecule has 0 aliphatic carbocycles. The van der Waals surface area contributed by atoms with Crippen molar-refractivity contribution in [2.45, 2.75) is 6.92 Å². The predicted octanol–water partition coefficient (Wildman–Crippen LogP) is 2.08. The van der Waals surface area contributed by atoms with E-state index in [0.717, 1.165) is 11.3 Å². The Labute approximate surface area is 105 Å².